The number of nitrogens with two attached hydrogens (primary N) is 1. The van der Waals surface area contributed by atoms with Crippen LogP contribution in [0.5, 0.6) is 0 Å². The van der Waals surface area contributed by atoms with E-state index in [9.17, 15) is 9.59 Å². The summed E-state index contributed by atoms with van der Waals surface area (Å²) in [5, 5.41) is 11.7. The number of nitrogens with zero attached hydrogens (tertiary/aromatic N) is 5. The van der Waals surface area contributed by atoms with E-state index in [4.69, 9.17) is 10.5 Å². The van der Waals surface area contributed by atoms with Crippen molar-refractivity contribution in [2.24, 2.45) is 11.7 Å². The molecular weight excluding hydrogens is 374 g/mol. The smallest absolute Gasteiger partial charge is 0.309 e. The van der Waals surface area contributed by atoms with Gasteiger partial charge >= 0.3 is 5.97 Å². The molecule has 1 saturated carbocycles. The number of hydrogen-bond donors (Lipinski definition) is 2. The van der Waals surface area contributed by atoms with Gasteiger partial charge in [0.1, 0.15) is 5.52 Å². The number of nitrogens with one attached hydrogen (secondary N) is 1. The van der Waals surface area contributed by atoms with Gasteiger partial charge in [-0.25, -0.2) is 4.98 Å². The van der Waals surface area contributed by atoms with Crippen molar-refractivity contribution in [3.8, 4) is 5.82 Å². The average Bonchev–Trinajstić information content (AvgIpc) is 3.17. The van der Waals surface area contributed by atoms with Crippen LogP contribution in [0.4, 0.5) is 5.95 Å². The van der Waals surface area contributed by atoms with Gasteiger partial charge in [0.15, 0.2) is 12.4 Å². The molecule has 3 aromatic rings. The normalized spacial score (nSPS) is 19.0. The number of benzene rings is 1. The number of amides is 1. The van der Waals surface area contributed by atoms with Crippen molar-refractivity contribution in [1.82, 2.24) is 25.0 Å². The summed E-state index contributed by atoms with van der Waals surface area (Å²) in [6, 6.07) is 9.59. The van der Waals surface area contributed by atoms with Gasteiger partial charge in [-0.1, -0.05) is 17.3 Å². The minimum Gasteiger partial charge on any atom is -0.455 e. The number of carbonyl (C=O) groups excluding carboxylic acids is 2. The predicted molar refractivity (Wildman–Crippen MR) is 104 cm³/mol. The Balaban J connectivity index is 1.38. The third-order valence-corrected chi connectivity index (χ3v) is 4.96. The standard InChI is InChI=1S/C19H21N7O3/c20-16(27)11-29-18(28)12-5-7-13(8-6-12)22-19-21-10-9-17(23-19)26-15-4-2-1-3-14(15)24-25-26/h1-4,9-10,12-13H,5-8,11H2,(H2,20,27)(H,21,22,23). The molecule has 10 nitrogen and oxygen atoms in total. The molecule has 2 aromatic heterocycles. The number of carbonyl (C=O) groups is 2. The molecular formula is C19H21N7O3. The third-order valence-electron chi connectivity index (χ3n) is 4.96. The Hall–Kier alpha value is -3.56. The first-order chi connectivity index (χ1) is 14.1. The molecule has 0 spiro atoms. The Morgan fingerprint density at radius 2 is 1.97 bits per heavy atom. The van der Waals surface area contributed by atoms with Crippen LogP contribution < -0.4 is 11.1 Å². The molecule has 150 valence electrons. The van der Waals surface area contributed by atoms with Crippen LogP contribution in [0, 0.1) is 5.92 Å². The van der Waals surface area contributed by atoms with Crippen molar-refractivity contribution in [3.63, 3.8) is 0 Å². The molecule has 0 radical (unpaired) electrons. The summed E-state index contributed by atoms with van der Waals surface area (Å²) in [5.41, 5.74) is 6.67. The Morgan fingerprint density at radius 1 is 1.17 bits per heavy atom. The summed E-state index contributed by atoms with van der Waals surface area (Å²) < 4.78 is 6.59. The van der Waals surface area contributed by atoms with E-state index in [1.54, 1.807) is 16.9 Å². The summed E-state index contributed by atoms with van der Waals surface area (Å²) in [7, 11) is 0. The van der Waals surface area contributed by atoms with Crippen molar-refractivity contribution in [1.29, 1.82) is 0 Å². The molecule has 0 aliphatic heterocycles. The van der Waals surface area contributed by atoms with E-state index in [1.165, 1.54) is 0 Å². The van der Waals surface area contributed by atoms with Gasteiger partial charge in [-0.2, -0.15) is 9.67 Å². The van der Waals surface area contributed by atoms with E-state index in [-0.39, 0.29) is 24.5 Å². The van der Waals surface area contributed by atoms with Crippen LogP contribution in [-0.4, -0.2) is 49.5 Å². The average molecular weight is 395 g/mol. The van der Waals surface area contributed by atoms with Crippen LogP contribution in [0.1, 0.15) is 25.7 Å². The SMILES string of the molecule is NC(=O)COC(=O)C1CCC(Nc2nccc(-n3nnc4ccccc43)n2)CC1. The molecule has 1 aromatic carbocycles. The molecule has 29 heavy (non-hydrogen) atoms. The Morgan fingerprint density at radius 3 is 2.76 bits per heavy atom. The van der Waals surface area contributed by atoms with Crippen molar-refractivity contribution in [2.45, 2.75) is 31.7 Å². The summed E-state index contributed by atoms with van der Waals surface area (Å²) >= 11 is 0. The van der Waals surface area contributed by atoms with Gasteiger partial charge in [-0.15, -0.1) is 5.10 Å². The zero-order valence-electron chi connectivity index (χ0n) is 15.7. The Bertz CT molecular complexity index is 1030. The fourth-order valence-corrected chi connectivity index (χ4v) is 3.49. The van der Waals surface area contributed by atoms with E-state index in [0.717, 1.165) is 23.9 Å². The highest BCUT2D eigenvalue weighted by Crippen LogP contribution is 2.27. The maximum absolute atomic E-state index is 12.0. The first-order valence-corrected chi connectivity index (χ1v) is 9.45. The fraction of sp³-hybridized carbons (Fsp3) is 0.368. The van der Waals surface area contributed by atoms with E-state index in [0.29, 0.717) is 24.6 Å². The number of rotatable bonds is 6. The molecule has 1 amide bonds. The molecule has 3 N–H and O–H groups in total. The van der Waals surface area contributed by atoms with Crippen LogP contribution in [0.15, 0.2) is 36.5 Å². The van der Waals surface area contributed by atoms with Crippen LogP contribution in [0.25, 0.3) is 16.9 Å². The van der Waals surface area contributed by atoms with Crippen LogP contribution in [-0.2, 0) is 14.3 Å². The molecule has 2 heterocycles. The molecule has 4 rings (SSSR count). The lowest BCUT2D eigenvalue weighted by Crippen LogP contribution is -2.32. The largest absolute Gasteiger partial charge is 0.455 e. The maximum Gasteiger partial charge on any atom is 0.309 e. The maximum atomic E-state index is 12.0. The van der Waals surface area contributed by atoms with E-state index >= 15 is 0 Å². The van der Waals surface area contributed by atoms with Crippen molar-refractivity contribution >= 4 is 28.9 Å². The monoisotopic (exact) mass is 395 g/mol. The van der Waals surface area contributed by atoms with Gasteiger partial charge in [0, 0.05) is 18.3 Å². The summed E-state index contributed by atoms with van der Waals surface area (Å²) in [6.45, 7) is -0.366. The quantitative estimate of drug-likeness (QED) is 0.594. The zero-order valence-corrected chi connectivity index (χ0v) is 15.7. The lowest BCUT2D eigenvalue weighted by Gasteiger charge is -2.27. The third kappa shape index (κ3) is 4.31. The first kappa shape index (κ1) is 18.8. The van der Waals surface area contributed by atoms with Gasteiger partial charge in [-0.3, -0.25) is 9.59 Å². The van der Waals surface area contributed by atoms with Gasteiger partial charge in [0.25, 0.3) is 5.91 Å². The Labute approximate surface area is 166 Å². The first-order valence-electron chi connectivity index (χ1n) is 9.45. The van der Waals surface area contributed by atoms with Gasteiger partial charge in [-0.05, 0) is 37.8 Å². The number of esters is 1. The minimum atomic E-state index is -0.647. The van der Waals surface area contributed by atoms with Gasteiger partial charge in [0.05, 0.1) is 11.4 Å². The predicted octanol–water partition coefficient (Wildman–Crippen LogP) is 1.21. The second kappa shape index (κ2) is 8.21. The van der Waals surface area contributed by atoms with Crippen molar-refractivity contribution in [3.05, 3.63) is 36.5 Å². The summed E-state index contributed by atoms with van der Waals surface area (Å²) in [5.74, 6) is -0.0904. The lowest BCUT2D eigenvalue weighted by molar-refractivity contribution is -0.152. The molecule has 1 aliphatic carbocycles. The van der Waals surface area contributed by atoms with E-state index < -0.39 is 5.91 Å². The van der Waals surface area contributed by atoms with E-state index in [2.05, 4.69) is 25.6 Å². The number of ether oxygens (including phenoxy) is 1. The molecule has 1 aliphatic rings. The van der Waals surface area contributed by atoms with Crippen LogP contribution in [0.3, 0.4) is 0 Å². The van der Waals surface area contributed by atoms with Crippen molar-refractivity contribution < 1.29 is 14.3 Å². The number of hydrogen-bond acceptors (Lipinski definition) is 8. The van der Waals surface area contributed by atoms with Gasteiger partial charge in [0.2, 0.25) is 5.95 Å². The second-order valence-electron chi connectivity index (χ2n) is 7.00. The second-order valence-corrected chi connectivity index (χ2v) is 7.00. The summed E-state index contributed by atoms with van der Waals surface area (Å²) in [6.07, 6.45) is 4.56. The summed E-state index contributed by atoms with van der Waals surface area (Å²) in [4.78, 5) is 31.6. The van der Waals surface area contributed by atoms with Crippen LogP contribution in [0.2, 0.25) is 0 Å². The van der Waals surface area contributed by atoms with Crippen molar-refractivity contribution in [2.75, 3.05) is 11.9 Å². The number of primary amides is 1. The molecule has 10 heteroatoms. The highest BCUT2D eigenvalue weighted by atomic mass is 16.5. The number of para-hydroxylation sites is 1. The molecule has 1 fully saturated rings. The molecule has 0 bridgehead atoms. The molecule has 0 unspecified atom stereocenters. The fourth-order valence-electron chi connectivity index (χ4n) is 3.49. The number of fused-ring (bicyclic) bond motifs is 1. The highest BCUT2D eigenvalue weighted by Gasteiger charge is 2.28. The zero-order chi connectivity index (χ0) is 20.2. The van der Waals surface area contributed by atoms with Gasteiger partial charge < -0.3 is 15.8 Å². The number of aromatic nitrogens is 5. The topological polar surface area (TPSA) is 138 Å². The van der Waals surface area contributed by atoms with E-state index in [1.807, 2.05) is 24.3 Å². The molecule has 0 atom stereocenters. The molecule has 0 saturated heterocycles. The van der Waals surface area contributed by atoms with Crippen LogP contribution >= 0.6 is 0 Å². The Kier molecular flexibility index (Phi) is 5.32. The lowest BCUT2D eigenvalue weighted by atomic mass is 9.86. The number of anilines is 1. The highest BCUT2D eigenvalue weighted by molar-refractivity contribution is 5.80. The minimum absolute atomic E-state index is 0.151.